The van der Waals surface area contributed by atoms with Gasteiger partial charge in [-0.3, -0.25) is 14.2 Å². The smallest absolute Gasteiger partial charge is 0.263 e. The maximum atomic E-state index is 13.2. The number of nitrogens with one attached hydrogen (secondary N) is 1. The zero-order chi connectivity index (χ0) is 19.7. The van der Waals surface area contributed by atoms with Gasteiger partial charge in [0.25, 0.3) is 5.56 Å². The second kappa shape index (κ2) is 8.39. The van der Waals surface area contributed by atoms with Crippen LogP contribution in [0.3, 0.4) is 0 Å². The van der Waals surface area contributed by atoms with Crippen LogP contribution in [0.4, 0.5) is 0 Å². The van der Waals surface area contributed by atoms with Gasteiger partial charge in [-0.25, -0.2) is 4.98 Å². The van der Waals surface area contributed by atoms with Crippen molar-refractivity contribution in [2.45, 2.75) is 61.6 Å². The van der Waals surface area contributed by atoms with Crippen LogP contribution in [0.25, 0.3) is 10.2 Å². The van der Waals surface area contributed by atoms with E-state index in [1.165, 1.54) is 23.1 Å². The second-order valence-electron chi connectivity index (χ2n) is 7.38. The summed E-state index contributed by atoms with van der Waals surface area (Å²) in [5.41, 5.74) is 1.11. The summed E-state index contributed by atoms with van der Waals surface area (Å²) in [5.74, 6) is 0.436. The van der Waals surface area contributed by atoms with Crippen LogP contribution in [-0.2, 0) is 16.1 Å². The van der Waals surface area contributed by atoms with Crippen LogP contribution in [0.5, 0.6) is 0 Å². The number of carbonyl (C=O) groups is 1. The Balaban J connectivity index is 1.54. The molecule has 1 saturated heterocycles. The lowest BCUT2D eigenvalue weighted by Crippen LogP contribution is -2.37. The average Bonchev–Trinajstić information content (AvgIpc) is 3.22. The van der Waals surface area contributed by atoms with E-state index in [4.69, 9.17) is 9.72 Å². The fourth-order valence-electron chi connectivity index (χ4n) is 3.48. The predicted molar refractivity (Wildman–Crippen MR) is 113 cm³/mol. The van der Waals surface area contributed by atoms with Crippen LogP contribution in [0, 0.1) is 0 Å². The number of thiophene rings is 1. The number of carbonyl (C=O) groups excluding carboxylic acids is 1. The maximum absolute atomic E-state index is 13.2. The minimum absolute atomic E-state index is 0.0255. The molecule has 0 spiro atoms. The molecule has 0 radical (unpaired) electrons. The Morgan fingerprint density at radius 3 is 3.04 bits per heavy atom. The van der Waals surface area contributed by atoms with E-state index in [2.05, 4.69) is 17.3 Å². The largest absolute Gasteiger partial charge is 0.376 e. The van der Waals surface area contributed by atoms with E-state index in [1.807, 2.05) is 6.92 Å². The highest BCUT2D eigenvalue weighted by Gasteiger charge is 2.29. The summed E-state index contributed by atoms with van der Waals surface area (Å²) >= 11 is 2.84. The Morgan fingerprint density at radius 2 is 2.36 bits per heavy atom. The highest BCUT2D eigenvalue weighted by molar-refractivity contribution is 8.00. The van der Waals surface area contributed by atoms with Gasteiger partial charge >= 0.3 is 0 Å². The van der Waals surface area contributed by atoms with E-state index in [1.54, 1.807) is 10.6 Å². The summed E-state index contributed by atoms with van der Waals surface area (Å²) < 4.78 is 7.20. The lowest BCUT2D eigenvalue weighted by molar-refractivity contribution is -0.120. The Morgan fingerprint density at radius 1 is 1.54 bits per heavy atom. The van der Waals surface area contributed by atoms with Crippen LogP contribution < -0.4 is 10.9 Å². The number of thioether (sulfide) groups is 1. The van der Waals surface area contributed by atoms with E-state index in [9.17, 15) is 9.59 Å². The molecular weight excluding hydrogens is 394 g/mol. The molecular formula is C20H25N3O3S2. The first-order valence-corrected chi connectivity index (χ1v) is 11.5. The van der Waals surface area contributed by atoms with Crippen molar-refractivity contribution < 1.29 is 9.53 Å². The van der Waals surface area contributed by atoms with Gasteiger partial charge in [0.2, 0.25) is 5.91 Å². The van der Waals surface area contributed by atoms with E-state index in [-0.39, 0.29) is 22.8 Å². The van der Waals surface area contributed by atoms with Crippen LogP contribution >= 0.6 is 23.1 Å². The van der Waals surface area contributed by atoms with Crippen molar-refractivity contribution in [3.05, 3.63) is 34.0 Å². The van der Waals surface area contributed by atoms with Crippen LogP contribution in [-0.4, -0.2) is 40.0 Å². The SMILES string of the molecule is C=CCn1c(S[C@@H](C)C(=O)NC[C@H]2CCCO2)nc2scc(C3CC3)c2c1=O. The van der Waals surface area contributed by atoms with E-state index < -0.39 is 0 Å². The molecule has 1 aliphatic carbocycles. The third-order valence-corrected chi connectivity index (χ3v) is 7.18. The van der Waals surface area contributed by atoms with Crippen molar-refractivity contribution in [3.8, 4) is 0 Å². The summed E-state index contributed by atoms with van der Waals surface area (Å²) in [6.07, 6.45) is 6.13. The third kappa shape index (κ3) is 4.04. The molecule has 2 atom stereocenters. The van der Waals surface area contributed by atoms with Gasteiger partial charge in [-0.15, -0.1) is 17.9 Å². The van der Waals surface area contributed by atoms with E-state index in [0.29, 0.717) is 24.2 Å². The Hall–Kier alpha value is -1.64. The molecule has 150 valence electrons. The highest BCUT2D eigenvalue weighted by atomic mass is 32.2. The zero-order valence-corrected chi connectivity index (χ0v) is 17.6. The molecule has 0 bridgehead atoms. The number of aromatic nitrogens is 2. The Labute approximate surface area is 172 Å². The van der Waals surface area contributed by atoms with Gasteiger partial charge in [0.15, 0.2) is 5.16 Å². The van der Waals surface area contributed by atoms with Gasteiger partial charge in [0.05, 0.1) is 16.7 Å². The zero-order valence-electron chi connectivity index (χ0n) is 16.0. The van der Waals surface area contributed by atoms with Crippen molar-refractivity contribution in [1.29, 1.82) is 0 Å². The summed E-state index contributed by atoms with van der Waals surface area (Å²) in [6.45, 7) is 7.30. The molecule has 4 rings (SSSR count). The number of hydrogen-bond acceptors (Lipinski definition) is 6. The fraction of sp³-hybridized carbons (Fsp3) is 0.550. The second-order valence-corrected chi connectivity index (χ2v) is 9.55. The normalized spacial score (nSPS) is 20.4. The first-order chi connectivity index (χ1) is 13.6. The number of allylic oxidation sites excluding steroid dienone is 1. The summed E-state index contributed by atoms with van der Waals surface area (Å²) in [6, 6.07) is 0. The van der Waals surface area contributed by atoms with E-state index >= 15 is 0 Å². The van der Waals surface area contributed by atoms with Crippen molar-refractivity contribution in [1.82, 2.24) is 14.9 Å². The first kappa shape index (κ1) is 19.7. The van der Waals surface area contributed by atoms with Crippen LogP contribution in [0.1, 0.15) is 44.1 Å². The van der Waals surface area contributed by atoms with E-state index in [0.717, 1.165) is 48.1 Å². The Bertz CT molecular complexity index is 942. The first-order valence-electron chi connectivity index (χ1n) is 9.77. The highest BCUT2D eigenvalue weighted by Crippen LogP contribution is 2.44. The molecule has 2 aromatic heterocycles. The monoisotopic (exact) mass is 419 g/mol. The molecule has 2 aromatic rings. The lowest BCUT2D eigenvalue weighted by atomic mass is 10.1. The van der Waals surface area contributed by atoms with Gasteiger partial charge in [0, 0.05) is 19.7 Å². The molecule has 2 fully saturated rings. The molecule has 8 heteroatoms. The standard InChI is InChI=1S/C20H25N3O3S2/c1-3-8-23-19(25)16-15(13-6-7-13)11-27-18(16)22-20(23)28-12(2)17(24)21-10-14-5-4-9-26-14/h3,11-14H,1,4-10H2,2H3,(H,21,24)/t12-,14+/m0/s1. The molecule has 0 unspecified atom stereocenters. The molecule has 6 nitrogen and oxygen atoms in total. The van der Waals surface area contributed by atoms with Gasteiger partial charge in [0.1, 0.15) is 4.83 Å². The maximum Gasteiger partial charge on any atom is 0.263 e. The molecule has 1 N–H and O–H groups in total. The molecule has 1 amide bonds. The van der Waals surface area contributed by atoms with Gasteiger partial charge in [-0.1, -0.05) is 17.8 Å². The molecule has 28 heavy (non-hydrogen) atoms. The lowest BCUT2D eigenvalue weighted by Gasteiger charge is -2.16. The van der Waals surface area contributed by atoms with Crippen molar-refractivity contribution in [2.24, 2.45) is 0 Å². The number of rotatable bonds is 8. The molecule has 1 saturated carbocycles. The average molecular weight is 420 g/mol. The minimum atomic E-state index is -0.357. The number of fused-ring (bicyclic) bond motifs is 1. The topological polar surface area (TPSA) is 73.2 Å². The number of hydrogen-bond donors (Lipinski definition) is 1. The molecule has 3 heterocycles. The summed E-state index contributed by atoms with van der Waals surface area (Å²) in [4.78, 5) is 31.2. The number of amides is 1. The van der Waals surface area contributed by atoms with Gasteiger partial charge < -0.3 is 10.1 Å². The van der Waals surface area contributed by atoms with Crippen molar-refractivity contribution in [2.75, 3.05) is 13.2 Å². The molecule has 2 aliphatic rings. The van der Waals surface area contributed by atoms with Crippen LogP contribution in [0.15, 0.2) is 28.0 Å². The van der Waals surface area contributed by atoms with Crippen LogP contribution in [0.2, 0.25) is 0 Å². The quantitative estimate of drug-likeness (QED) is 0.404. The third-order valence-electron chi connectivity index (χ3n) is 5.20. The molecule has 0 aromatic carbocycles. The summed E-state index contributed by atoms with van der Waals surface area (Å²) in [7, 11) is 0. The van der Waals surface area contributed by atoms with Gasteiger partial charge in [-0.05, 0) is 49.5 Å². The van der Waals surface area contributed by atoms with Crippen molar-refractivity contribution >= 4 is 39.2 Å². The predicted octanol–water partition coefficient (Wildman–Crippen LogP) is 3.30. The van der Waals surface area contributed by atoms with Crippen molar-refractivity contribution in [3.63, 3.8) is 0 Å². The summed E-state index contributed by atoms with van der Waals surface area (Å²) in [5, 5.41) is 5.99. The number of ether oxygens (including phenoxy) is 1. The molecule has 1 aliphatic heterocycles. The number of nitrogens with zero attached hydrogens (tertiary/aromatic N) is 2. The van der Waals surface area contributed by atoms with Gasteiger partial charge in [-0.2, -0.15) is 0 Å². The fourth-order valence-corrected chi connectivity index (χ4v) is 5.48. The Kier molecular flexibility index (Phi) is 5.89. The minimum Gasteiger partial charge on any atom is -0.376 e.